The number of β-lactam (4-membered cyclic amide) rings is 1. The van der Waals surface area contributed by atoms with E-state index < -0.39 is 18.0 Å². The number of benzene rings is 1. The summed E-state index contributed by atoms with van der Waals surface area (Å²) in [6, 6.07) is 6.30. The number of nitrogens with zero attached hydrogens (tertiary/aromatic N) is 1. The summed E-state index contributed by atoms with van der Waals surface area (Å²) in [5, 5.41) is 21.8. The van der Waals surface area contributed by atoms with E-state index in [0.717, 1.165) is 0 Å². The molecule has 1 aromatic carbocycles. The molecule has 2 amide bonds. The molecule has 8 heteroatoms. The molecule has 2 aliphatic rings. The van der Waals surface area contributed by atoms with Crippen molar-refractivity contribution in [2.75, 3.05) is 7.05 Å². The Balaban J connectivity index is 0.00000225. The van der Waals surface area contributed by atoms with Gasteiger partial charge < -0.3 is 20.4 Å². The molecule has 25 heavy (non-hydrogen) atoms. The van der Waals surface area contributed by atoms with Crippen LogP contribution in [0.25, 0.3) is 5.57 Å². The fourth-order valence-corrected chi connectivity index (χ4v) is 3.52. The number of carbonyl (C=O) groups is 3. The standard InChI is InChI=1S/C17H18N2O5.Na.H/c1-8(20)13-12-7-11(14(17(23)24)19(12)16(13)22)9-4-3-5-10(6-9)15(21)18-2;;/h3-6,8,12-13,20H,7H2,1-2H3,(H,18,21)(H,23,24);;/t8-,12-,13-;;/m1../s1. The maximum absolute atomic E-state index is 12.2. The van der Waals surface area contributed by atoms with Gasteiger partial charge in [0.05, 0.1) is 18.1 Å². The molecule has 0 bridgehead atoms. The van der Waals surface area contributed by atoms with Gasteiger partial charge in [-0.15, -0.1) is 0 Å². The maximum atomic E-state index is 12.2. The molecule has 128 valence electrons. The van der Waals surface area contributed by atoms with Crippen molar-refractivity contribution in [3.05, 3.63) is 41.1 Å². The summed E-state index contributed by atoms with van der Waals surface area (Å²) in [4.78, 5) is 36.9. The molecule has 0 unspecified atom stereocenters. The molecule has 2 heterocycles. The monoisotopic (exact) mass is 354 g/mol. The Hall–Kier alpha value is -1.67. The van der Waals surface area contributed by atoms with Gasteiger partial charge in [-0.1, -0.05) is 12.1 Å². The molecule has 1 fully saturated rings. The molecule has 1 aromatic rings. The van der Waals surface area contributed by atoms with Gasteiger partial charge in [0.25, 0.3) is 5.91 Å². The number of carboxylic acids is 1. The molecule has 3 N–H and O–H groups in total. The van der Waals surface area contributed by atoms with Crippen LogP contribution in [0.1, 0.15) is 29.3 Å². The first kappa shape index (κ1) is 19.7. The van der Waals surface area contributed by atoms with Crippen molar-refractivity contribution in [1.29, 1.82) is 0 Å². The van der Waals surface area contributed by atoms with Crippen molar-refractivity contribution >= 4 is 52.9 Å². The first-order chi connectivity index (χ1) is 11.4. The molecule has 1 saturated heterocycles. The van der Waals surface area contributed by atoms with Crippen LogP contribution in [-0.2, 0) is 9.59 Å². The fourth-order valence-electron chi connectivity index (χ4n) is 3.52. The van der Waals surface area contributed by atoms with E-state index in [4.69, 9.17) is 0 Å². The molecular weight excluding hydrogens is 335 g/mol. The topological polar surface area (TPSA) is 107 Å². The van der Waals surface area contributed by atoms with Gasteiger partial charge >= 0.3 is 35.5 Å². The molecule has 0 radical (unpaired) electrons. The van der Waals surface area contributed by atoms with E-state index in [0.29, 0.717) is 23.1 Å². The third-order valence-electron chi connectivity index (χ3n) is 4.63. The predicted octanol–water partition coefficient (Wildman–Crippen LogP) is -0.195. The number of carboxylic acid groups (broad SMARTS) is 1. The second-order valence-electron chi connectivity index (χ2n) is 6.04. The number of aliphatic hydroxyl groups is 1. The van der Waals surface area contributed by atoms with Gasteiger partial charge in [-0.3, -0.25) is 9.59 Å². The summed E-state index contributed by atoms with van der Waals surface area (Å²) in [7, 11) is 1.52. The number of nitrogens with one attached hydrogen (secondary N) is 1. The van der Waals surface area contributed by atoms with Crippen LogP contribution >= 0.6 is 0 Å². The van der Waals surface area contributed by atoms with Crippen molar-refractivity contribution in [3.63, 3.8) is 0 Å². The first-order valence-corrected chi connectivity index (χ1v) is 7.67. The Labute approximate surface area is 167 Å². The van der Waals surface area contributed by atoms with E-state index in [9.17, 15) is 24.6 Å². The Morgan fingerprint density at radius 2 is 2.04 bits per heavy atom. The molecule has 3 rings (SSSR count). The van der Waals surface area contributed by atoms with Gasteiger partial charge in [-0.2, -0.15) is 0 Å². The zero-order chi connectivity index (χ0) is 17.6. The van der Waals surface area contributed by atoms with Crippen LogP contribution in [0.15, 0.2) is 30.0 Å². The van der Waals surface area contributed by atoms with Gasteiger partial charge in [0.15, 0.2) is 0 Å². The van der Waals surface area contributed by atoms with Crippen molar-refractivity contribution in [2.24, 2.45) is 5.92 Å². The van der Waals surface area contributed by atoms with E-state index in [1.54, 1.807) is 24.3 Å². The average molecular weight is 354 g/mol. The number of hydrogen-bond acceptors (Lipinski definition) is 4. The molecule has 0 saturated carbocycles. The molecule has 0 aliphatic carbocycles. The summed E-state index contributed by atoms with van der Waals surface area (Å²) in [6.07, 6.45) is -0.481. The van der Waals surface area contributed by atoms with E-state index in [1.165, 1.54) is 18.9 Å². The first-order valence-electron chi connectivity index (χ1n) is 7.67. The number of rotatable bonds is 4. The summed E-state index contributed by atoms with van der Waals surface area (Å²) < 4.78 is 0. The number of fused-ring (bicyclic) bond motifs is 1. The van der Waals surface area contributed by atoms with Crippen molar-refractivity contribution < 1.29 is 24.6 Å². The van der Waals surface area contributed by atoms with Crippen LogP contribution < -0.4 is 5.32 Å². The summed E-state index contributed by atoms with van der Waals surface area (Å²) in [6.45, 7) is 1.53. The van der Waals surface area contributed by atoms with Crippen molar-refractivity contribution in [1.82, 2.24) is 10.2 Å². The Bertz CT molecular complexity index is 774. The van der Waals surface area contributed by atoms with Crippen LogP contribution in [0, 0.1) is 5.92 Å². The third-order valence-corrected chi connectivity index (χ3v) is 4.63. The number of aliphatic hydroxyl groups excluding tert-OH is 1. The zero-order valence-corrected chi connectivity index (χ0v) is 13.3. The number of hydrogen-bond donors (Lipinski definition) is 3. The fraction of sp³-hybridized carbons (Fsp3) is 0.353. The number of amides is 2. The normalized spacial score (nSPS) is 22.7. The van der Waals surface area contributed by atoms with Crippen LogP contribution in [0.2, 0.25) is 0 Å². The van der Waals surface area contributed by atoms with Crippen LogP contribution in [-0.4, -0.2) is 81.6 Å². The third kappa shape index (κ3) is 3.13. The second kappa shape index (κ2) is 7.29. The minimum absolute atomic E-state index is 0. The second-order valence-corrected chi connectivity index (χ2v) is 6.04. The molecule has 0 spiro atoms. The van der Waals surface area contributed by atoms with Gasteiger partial charge in [-0.25, -0.2) is 4.79 Å². The summed E-state index contributed by atoms with van der Waals surface area (Å²) in [5.74, 6) is -2.41. The number of carbonyl (C=O) groups excluding carboxylic acids is 2. The van der Waals surface area contributed by atoms with E-state index in [2.05, 4.69) is 5.32 Å². The zero-order valence-electron chi connectivity index (χ0n) is 13.3. The molecule has 2 aliphatic heterocycles. The van der Waals surface area contributed by atoms with Crippen LogP contribution in [0.4, 0.5) is 0 Å². The Morgan fingerprint density at radius 3 is 2.60 bits per heavy atom. The van der Waals surface area contributed by atoms with Gasteiger partial charge in [0.2, 0.25) is 5.91 Å². The Kier molecular flexibility index (Phi) is 5.73. The predicted molar refractivity (Wildman–Crippen MR) is 92.0 cm³/mol. The molecular formula is C17H19N2NaO5. The minimum atomic E-state index is -1.18. The van der Waals surface area contributed by atoms with E-state index in [1.807, 2.05) is 0 Å². The molecule has 0 aromatic heterocycles. The van der Waals surface area contributed by atoms with Crippen molar-refractivity contribution in [2.45, 2.75) is 25.5 Å². The van der Waals surface area contributed by atoms with Crippen molar-refractivity contribution in [3.8, 4) is 0 Å². The number of aliphatic carboxylic acids is 1. The summed E-state index contributed by atoms with van der Waals surface area (Å²) in [5.41, 5.74) is 1.46. The quantitative estimate of drug-likeness (QED) is 0.513. The van der Waals surface area contributed by atoms with Crippen LogP contribution in [0.5, 0.6) is 0 Å². The SMILES string of the molecule is CNC(=O)c1cccc(C2=C(C(=O)O)N3C(=O)[C@H]([C@@H](C)O)[C@H]3C2)c1.[NaH]. The van der Waals surface area contributed by atoms with E-state index in [-0.39, 0.29) is 53.1 Å². The Morgan fingerprint density at radius 1 is 1.36 bits per heavy atom. The van der Waals surface area contributed by atoms with Gasteiger partial charge in [-0.05, 0) is 36.6 Å². The summed E-state index contributed by atoms with van der Waals surface area (Å²) >= 11 is 0. The van der Waals surface area contributed by atoms with Crippen LogP contribution in [0.3, 0.4) is 0 Å². The average Bonchev–Trinajstić information content (AvgIpc) is 2.89. The van der Waals surface area contributed by atoms with Gasteiger partial charge in [0, 0.05) is 12.6 Å². The van der Waals surface area contributed by atoms with E-state index >= 15 is 0 Å². The molecule has 3 atom stereocenters. The molecule has 7 nitrogen and oxygen atoms in total. The van der Waals surface area contributed by atoms with Gasteiger partial charge in [0.1, 0.15) is 5.70 Å².